The van der Waals surface area contributed by atoms with Crippen molar-refractivity contribution in [3.8, 4) is 16.9 Å². The molecular formula is C23H22N2O4. The fraction of sp³-hybridized carbons (Fsp3) is 0.130. The molecule has 0 aliphatic heterocycles. The minimum absolute atomic E-state index is 0.147. The summed E-state index contributed by atoms with van der Waals surface area (Å²) in [5.74, 6) is 0.0794. The number of ether oxygens (including phenoxy) is 1. The maximum Gasteiger partial charge on any atom is 0.274 e. The van der Waals surface area contributed by atoms with Gasteiger partial charge >= 0.3 is 0 Å². The van der Waals surface area contributed by atoms with E-state index in [1.807, 2.05) is 42.5 Å². The van der Waals surface area contributed by atoms with Gasteiger partial charge in [-0.15, -0.1) is 0 Å². The Kier molecular flexibility index (Phi) is 6.60. The van der Waals surface area contributed by atoms with Crippen LogP contribution in [0.4, 0.5) is 0 Å². The minimum atomic E-state index is -0.569. The van der Waals surface area contributed by atoms with Crippen LogP contribution in [0.3, 0.4) is 0 Å². The molecule has 0 aliphatic rings. The van der Waals surface area contributed by atoms with Crippen molar-refractivity contribution >= 4 is 11.8 Å². The summed E-state index contributed by atoms with van der Waals surface area (Å²) in [4.78, 5) is 23.9. The van der Waals surface area contributed by atoms with E-state index in [1.54, 1.807) is 42.9 Å². The maximum absolute atomic E-state index is 12.5. The number of rotatable bonds is 7. The van der Waals surface area contributed by atoms with Crippen molar-refractivity contribution < 1.29 is 19.5 Å². The third kappa shape index (κ3) is 5.21. The molecular weight excluding hydrogens is 368 g/mol. The zero-order chi connectivity index (χ0) is 20.6. The van der Waals surface area contributed by atoms with Crippen molar-refractivity contribution in [2.24, 2.45) is 0 Å². The quantitative estimate of drug-likeness (QED) is 0.426. The van der Waals surface area contributed by atoms with Crippen LogP contribution in [-0.2, 0) is 6.42 Å². The van der Waals surface area contributed by atoms with Crippen molar-refractivity contribution in [3.05, 3.63) is 89.5 Å². The normalized spacial score (nSPS) is 10.3. The Morgan fingerprint density at radius 1 is 0.862 bits per heavy atom. The lowest BCUT2D eigenvalue weighted by molar-refractivity contribution is 0.0706. The topological polar surface area (TPSA) is 87.7 Å². The first-order chi connectivity index (χ1) is 14.1. The van der Waals surface area contributed by atoms with E-state index >= 15 is 0 Å². The summed E-state index contributed by atoms with van der Waals surface area (Å²) >= 11 is 0. The Balaban J connectivity index is 1.63. The summed E-state index contributed by atoms with van der Waals surface area (Å²) in [6.45, 7) is 0.515. The zero-order valence-electron chi connectivity index (χ0n) is 16.0. The van der Waals surface area contributed by atoms with Crippen LogP contribution in [0.1, 0.15) is 26.3 Å². The first kappa shape index (κ1) is 20.1. The largest absolute Gasteiger partial charge is 0.497 e. The van der Waals surface area contributed by atoms with Gasteiger partial charge in [0.2, 0.25) is 0 Å². The molecule has 0 atom stereocenters. The molecule has 3 N–H and O–H groups in total. The van der Waals surface area contributed by atoms with Gasteiger partial charge in [0.25, 0.3) is 11.8 Å². The van der Waals surface area contributed by atoms with Crippen LogP contribution in [0.2, 0.25) is 0 Å². The van der Waals surface area contributed by atoms with Gasteiger partial charge in [-0.2, -0.15) is 0 Å². The monoisotopic (exact) mass is 390 g/mol. The number of amides is 2. The second kappa shape index (κ2) is 9.52. The maximum atomic E-state index is 12.5. The number of methoxy groups -OCH3 is 1. The number of hydrogen-bond acceptors (Lipinski definition) is 4. The van der Waals surface area contributed by atoms with E-state index in [1.165, 1.54) is 0 Å². The molecule has 0 saturated heterocycles. The lowest BCUT2D eigenvalue weighted by atomic mass is 10.0. The number of hydrogen-bond donors (Lipinski definition) is 3. The molecule has 0 spiro atoms. The van der Waals surface area contributed by atoms with Crippen LogP contribution >= 0.6 is 0 Å². The molecule has 0 aliphatic carbocycles. The van der Waals surface area contributed by atoms with Gasteiger partial charge in [-0.1, -0.05) is 36.4 Å². The Bertz CT molecular complexity index is 1000. The summed E-state index contributed by atoms with van der Waals surface area (Å²) in [6.07, 6.45) is 0.705. The molecule has 148 valence electrons. The Labute approximate surface area is 169 Å². The van der Waals surface area contributed by atoms with Gasteiger partial charge in [-0.3, -0.25) is 14.8 Å². The molecule has 0 saturated carbocycles. The van der Waals surface area contributed by atoms with Crippen molar-refractivity contribution in [1.29, 1.82) is 0 Å². The van der Waals surface area contributed by atoms with Gasteiger partial charge in [0.15, 0.2) is 0 Å². The molecule has 3 aromatic rings. The van der Waals surface area contributed by atoms with Crippen LogP contribution in [0.5, 0.6) is 5.75 Å². The number of nitrogens with one attached hydrogen (secondary N) is 2. The Morgan fingerprint density at radius 3 is 2.34 bits per heavy atom. The molecule has 0 aromatic heterocycles. The van der Waals surface area contributed by atoms with Gasteiger partial charge in [0.1, 0.15) is 5.75 Å². The van der Waals surface area contributed by atoms with Gasteiger partial charge in [0, 0.05) is 17.7 Å². The highest BCUT2D eigenvalue weighted by molar-refractivity contribution is 5.96. The number of hydroxylamine groups is 1. The average Bonchev–Trinajstić information content (AvgIpc) is 2.78. The average molecular weight is 390 g/mol. The lowest BCUT2D eigenvalue weighted by Crippen LogP contribution is -2.25. The molecule has 0 fully saturated rings. The molecule has 0 bridgehead atoms. The van der Waals surface area contributed by atoms with E-state index < -0.39 is 5.91 Å². The third-order valence-electron chi connectivity index (χ3n) is 4.54. The summed E-state index contributed by atoms with van der Waals surface area (Å²) in [5.41, 5.74) is 5.33. The number of carbonyl (C=O) groups excluding carboxylic acids is 2. The zero-order valence-corrected chi connectivity index (χ0v) is 16.0. The molecule has 3 rings (SSSR count). The molecule has 2 amide bonds. The van der Waals surface area contributed by atoms with E-state index in [9.17, 15) is 9.59 Å². The number of carbonyl (C=O) groups is 2. The molecule has 6 heteroatoms. The first-order valence-electron chi connectivity index (χ1n) is 9.17. The van der Waals surface area contributed by atoms with Crippen LogP contribution in [0, 0.1) is 0 Å². The van der Waals surface area contributed by atoms with Gasteiger partial charge < -0.3 is 10.1 Å². The summed E-state index contributed by atoms with van der Waals surface area (Å²) in [5, 5.41) is 11.6. The van der Waals surface area contributed by atoms with Gasteiger partial charge in [0.05, 0.1) is 7.11 Å². The third-order valence-corrected chi connectivity index (χ3v) is 4.54. The standard InChI is InChI=1S/C23H22N2O4/c1-29-21-7-2-4-16(14-21)12-13-24-22(26)20-6-3-5-19(15-20)17-8-10-18(11-9-17)23(27)25-28/h2-11,14-15,28H,12-13H2,1H3,(H,24,26)(H,25,27). The van der Waals surface area contributed by atoms with Crippen molar-refractivity contribution in [2.45, 2.75) is 6.42 Å². The molecule has 6 nitrogen and oxygen atoms in total. The smallest absolute Gasteiger partial charge is 0.274 e. The molecule has 0 heterocycles. The predicted octanol–water partition coefficient (Wildman–Crippen LogP) is 3.45. The van der Waals surface area contributed by atoms with Gasteiger partial charge in [-0.25, -0.2) is 5.48 Å². The van der Waals surface area contributed by atoms with E-state index in [0.29, 0.717) is 24.1 Å². The second-order valence-corrected chi connectivity index (χ2v) is 6.46. The molecule has 0 unspecified atom stereocenters. The van der Waals surface area contributed by atoms with Crippen LogP contribution in [0.25, 0.3) is 11.1 Å². The van der Waals surface area contributed by atoms with Gasteiger partial charge in [-0.05, 0) is 59.5 Å². The highest BCUT2D eigenvalue weighted by Crippen LogP contribution is 2.21. The SMILES string of the molecule is COc1cccc(CCNC(=O)c2cccc(-c3ccc(C(=O)NO)cc3)c2)c1. The van der Waals surface area contributed by atoms with E-state index in [-0.39, 0.29) is 5.91 Å². The summed E-state index contributed by atoms with van der Waals surface area (Å²) < 4.78 is 5.21. The van der Waals surface area contributed by atoms with Crippen LogP contribution in [-0.4, -0.2) is 30.7 Å². The number of benzene rings is 3. The van der Waals surface area contributed by atoms with Crippen molar-refractivity contribution in [1.82, 2.24) is 10.8 Å². The summed E-state index contributed by atoms with van der Waals surface area (Å²) in [7, 11) is 1.63. The Morgan fingerprint density at radius 2 is 1.62 bits per heavy atom. The molecule has 3 aromatic carbocycles. The van der Waals surface area contributed by atoms with Crippen molar-refractivity contribution in [3.63, 3.8) is 0 Å². The van der Waals surface area contributed by atoms with E-state index in [4.69, 9.17) is 9.94 Å². The fourth-order valence-electron chi connectivity index (χ4n) is 2.97. The Hall–Kier alpha value is -3.64. The first-order valence-corrected chi connectivity index (χ1v) is 9.17. The fourth-order valence-corrected chi connectivity index (χ4v) is 2.97. The highest BCUT2D eigenvalue weighted by Gasteiger charge is 2.08. The van der Waals surface area contributed by atoms with E-state index in [0.717, 1.165) is 22.4 Å². The predicted molar refractivity (Wildman–Crippen MR) is 110 cm³/mol. The lowest BCUT2D eigenvalue weighted by Gasteiger charge is -2.09. The second-order valence-electron chi connectivity index (χ2n) is 6.46. The van der Waals surface area contributed by atoms with Crippen LogP contribution < -0.4 is 15.5 Å². The highest BCUT2D eigenvalue weighted by atomic mass is 16.5. The minimum Gasteiger partial charge on any atom is -0.497 e. The van der Waals surface area contributed by atoms with E-state index in [2.05, 4.69) is 5.32 Å². The van der Waals surface area contributed by atoms with Crippen molar-refractivity contribution in [2.75, 3.05) is 13.7 Å². The molecule has 0 radical (unpaired) electrons. The molecule has 29 heavy (non-hydrogen) atoms. The van der Waals surface area contributed by atoms with Crippen LogP contribution in [0.15, 0.2) is 72.8 Å². The summed E-state index contributed by atoms with van der Waals surface area (Å²) in [6, 6.07) is 21.8.